The van der Waals surface area contributed by atoms with Gasteiger partial charge in [-0.3, -0.25) is 9.10 Å². The van der Waals surface area contributed by atoms with E-state index in [1.165, 1.54) is 25.5 Å². The van der Waals surface area contributed by atoms with Gasteiger partial charge in [-0.2, -0.15) is 5.10 Å². The fourth-order valence-electron chi connectivity index (χ4n) is 3.44. The molecule has 9 heteroatoms. The number of carbonyl (C=O) groups excluding carboxylic acids is 1. The highest BCUT2D eigenvalue weighted by Gasteiger charge is 2.27. The SMILES string of the molecule is C=CCOc1ccc(C=NNC(=O)CN(c2ccc(C(C)C)cc2)S(=O)(=O)c2ccccc2)cc1OC. The number of carbonyl (C=O) groups is 1. The Balaban J connectivity index is 1.79. The largest absolute Gasteiger partial charge is 0.493 e. The molecule has 0 spiro atoms. The smallest absolute Gasteiger partial charge is 0.264 e. The van der Waals surface area contributed by atoms with E-state index in [1.54, 1.807) is 54.6 Å². The zero-order valence-electron chi connectivity index (χ0n) is 21.1. The molecule has 0 heterocycles. The highest BCUT2D eigenvalue weighted by atomic mass is 32.2. The van der Waals surface area contributed by atoms with Gasteiger partial charge in [0.2, 0.25) is 0 Å². The molecule has 0 fully saturated rings. The van der Waals surface area contributed by atoms with Crippen LogP contribution in [0.1, 0.15) is 30.9 Å². The molecule has 3 aromatic carbocycles. The van der Waals surface area contributed by atoms with Gasteiger partial charge in [0.25, 0.3) is 15.9 Å². The van der Waals surface area contributed by atoms with Crippen LogP contribution in [-0.4, -0.2) is 40.8 Å². The van der Waals surface area contributed by atoms with Gasteiger partial charge >= 0.3 is 0 Å². The van der Waals surface area contributed by atoms with Crippen molar-refractivity contribution in [2.45, 2.75) is 24.7 Å². The van der Waals surface area contributed by atoms with Gasteiger partial charge in [-0.25, -0.2) is 13.8 Å². The lowest BCUT2D eigenvalue weighted by Crippen LogP contribution is -2.39. The molecule has 0 saturated carbocycles. The molecular formula is C28H31N3O5S. The Bertz CT molecular complexity index is 1340. The van der Waals surface area contributed by atoms with Crippen LogP contribution in [0.3, 0.4) is 0 Å². The minimum absolute atomic E-state index is 0.0881. The number of methoxy groups -OCH3 is 1. The van der Waals surface area contributed by atoms with E-state index in [4.69, 9.17) is 9.47 Å². The Morgan fingerprint density at radius 1 is 1.05 bits per heavy atom. The first-order valence-electron chi connectivity index (χ1n) is 11.7. The van der Waals surface area contributed by atoms with Crippen LogP contribution in [0.25, 0.3) is 0 Å². The zero-order chi connectivity index (χ0) is 26.8. The monoisotopic (exact) mass is 521 g/mol. The Morgan fingerprint density at radius 3 is 2.38 bits per heavy atom. The Kier molecular flexibility index (Phi) is 9.45. The molecule has 3 aromatic rings. The average molecular weight is 522 g/mol. The standard InChI is InChI=1S/C28H31N3O5S/c1-5-17-36-26-16-11-22(18-27(26)35-4)19-29-30-28(32)20-31(24-14-12-23(13-15-24)21(2)3)37(33,34)25-9-7-6-8-10-25/h5-16,18-19,21H,1,17,20H2,2-4H3,(H,30,32). The second-order valence-corrected chi connectivity index (χ2v) is 10.2. The topological polar surface area (TPSA) is 97.3 Å². The van der Waals surface area contributed by atoms with Gasteiger partial charge in [0.15, 0.2) is 11.5 Å². The Labute approximate surface area is 218 Å². The third-order valence-corrected chi connectivity index (χ3v) is 7.20. The fourth-order valence-corrected chi connectivity index (χ4v) is 4.88. The van der Waals surface area contributed by atoms with E-state index in [0.29, 0.717) is 29.4 Å². The first kappa shape index (κ1) is 27.5. The third kappa shape index (κ3) is 7.20. The van der Waals surface area contributed by atoms with Crippen molar-refractivity contribution in [1.29, 1.82) is 0 Å². The summed E-state index contributed by atoms with van der Waals surface area (Å²) in [5.74, 6) is 0.740. The van der Waals surface area contributed by atoms with Crippen LogP contribution in [-0.2, 0) is 14.8 Å². The molecule has 1 amide bonds. The normalized spacial score (nSPS) is 11.4. The van der Waals surface area contributed by atoms with Crippen molar-refractivity contribution in [3.05, 3.63) is 96.6 Å². The number of ether oxygens (including phenoxy) is 2. The van der Waals surface area contributed by atoms with Crippen molar-refractivity contribution in [2.24, 2.45) is 5.10 Å². The molecule has 0 aliphatic carbocycles. The van der Waals surface area contributed by atoms with Crippen molar-refractivity contribution >= 4 is 27.8 Å². The average Bonchev–Trinajstić information content (AvgIpc) is 2.91. The fraction of sp³-hybridized carbons (Fsp3) is 0.214. The van der Waals surface area contributed by atoms with E-state index >= 15 is 0 Å². The molecular weight excluding hydrogens is 490 g/mol. The number of hydrogen-bond donors (Lipinski definition) is 1. The second kappa shape index (κ2) is 12.7. The summed E-state index contributed by atoms with van der Waals surface area (Å²) < 4.78 is 38.8. The second-order valence-electron chi connectivity index (χ2n) is 8.37. The summed E-state index contributed by atoms with van der Waals surface area (Å²) >= 11 is 0. The number of hydrogen-bond acceptors (Lipinski definition) is 6. The molecule has 37 heavy (non-hydrogen) atoms. The summed E-state index contributed by atoms with van der Waals surface area (Å²) in [6.07, 6.45) is 3.06. The van der Waals surface area contributed by atoms with Gasteiger partial charge in [0, 0.05) is 0 Å². The molecule has 0 bridgehead atoms. The maximum Gasteiger partial charge on any atom is 0.264 e. The van der Waals surface area contributed by atoms with Crippen LogP contribution in [0.2, 0.25) is 0 Å². The lowest BCUT2D eigenvalue weighted by atomic mass is 10.0. The van der Waals surface area contributed by atoms with Crippen molar-refractivity contribution in [3.63, 3.8) is 0 Å². The molecule has 3 rings (SSSR count). The molecule has 1 N–H and O–H groups in total. The van der Waals surface area contributed by atoms with Gasteiger partial charge in [-0.05, 0) is 59.5 Å². The van der Waals surface area contributed by atoms with Crippen LogP contribution in [0.15, 0.2) is 95.4 Å². The maximum atomic E-state index is 13.4. The van der Waals surface area contributed by atoms with Gasteiger partial charge in [0.05, 0.1) is 23.9 Å². The lowest BCUT2D eigenvalue weighted by Gasteiger charge is -2.24. The van der Waals surface area contributed by atoms with Crippen LogP contribution < -0.4 is 19.2 Å². The minimum Gasteiger partial charge on any atom is -0.493 e. The zero-order valence-corrected chi connectivity index (χ0v) is 21.9. The van der Waals surface area contributed by atoms with Gasteiger partial charge in [-0.15, -0.1) is 0 Å². The number of nitrogens with zero attached hydrogens (tertiary/aromatic N) is 2. The van der Waals surface area contributed by atoms with Crippen molar-refractivity contribution < 1.29 is 22.7 Å². The molecule has 8 nitrogen and oxygen atoms in total. The number of anilines is 1. The van der Waals surface area contributed by atoms with Gasteiger partial charge < -0.3 is 9.47 Å². The van der Waals surface area contributed by atoms with E-state index in [-0.39, 0.29) is 10.8 Å². The first-order valence-corrected chi connectivity index (χ1v) is 13.1. The summed E-state index contributed by atoms with van der Waals surface area (Å²) in [6.45, 7) is 7.61. The van der Waals surface area contributed by atoms with Gasteiger partial charge in [0.1, 0.15) is 13.2 Å². The van der Waals surface area contributed by atoms with E-state index in [1.807, 2.05) is 12.1 Å². The highest BCUT2D eigenvalue weighted by molar-refractivity contribution is 7.92. The minimum atomic E-state index is -4.00. The number of nitrogens with one attached hydrogen (secondary N) is 1. The van der Waals surface area contributed by atoms with E-state index in [9.17, 15) is 13.2 Å². The maximum absolute atomic E-state index is 13.4. The summed E-state index contributed by atoms with van der Waals surface area (Å²) in [5, 5.41) is 3.99. The highest BCUT2D eigenvalue weighted by Crippen LogP contribution is 2.28. The predicted molar refractivity (Wildman–Crippen MR) is 146 cm³/mol. The first-order chi connectivity index (χ1) is 17.8. The van der Waals surface area contributed by atoms with Crippen LogP contribution in [0.4, 0.5) is 5.69 Å². The van der Waals surface area contributed by atoms with E-state index < -0.39 is 22.5 Å². The lowest BCUT2D eigenvalue weighted by molar-refractivity contribution is -0.119. The Morgan fingerprint density at radius 2 is 1.76 bits per heavy atom. The quantitative estimate of drug-likeness (QED) is 0.211. The molecule has 0 unspecified atom stereocenters. The molecule has 0 saturated heterocycles. The number of rotatable bonds is 12. The molecule has 0 aliphatic rings. The summed E-state index contributed by atoms with van der Waals surface area (Å²) in [4.78, 5) is 12.9. The molecule has 0 atom stereocenters. The predicted octanol–water partition coefficient (Wildman–Crippen LogP) is 4.73. The van der Waals surface area contributed by atoms with E-state index in [2.05, 4.69) is 31.0 Å². The van der Waals surface area contributed by atoms with Gasteiger partial charge in [-0.1, -0.05) is 56.8 Å². The third-order valence-electron chi connectivity index (χ3n) is 5.41. The van der Waals surface area contributed by atoms with Crippen LogP contribution in [0.5, 0.6) is 11.5 Å². The molecule has 0 radical (unpaired) electrons. The van der Waals surface area contributed by atoms with Crippen molar-refractivity contribution in [2.75, 3.05) is 24.6 Å². The number of hydrazone groups is 1. The van der Waals surface area contributed by atoms with Crippen molar-refractivity contribution in [3.8, 4) is 11.5 Å². The molecule has 194 valence electrons. The van der Waals surface area contributed by atoms with Crippen LogP contribution in [0, 0.1) is 0 Å². The number of benzene rings is 3. The summed E-state index contributed by atoms with van der Waals surface area (Å²) in [6, 6.07) is 20.3. The molecule has 0 aromatic heterocycles. The number of amides is 1. The summed E-state index contributed by atoms with van der Waals surface area (Å²) in [5.41, 5.74) is 4.51. The van der Waals surface area contributed by atoms with Crippen LogP contribution >= 0.6 is 0 Å². The van der Waals surface area contributed by atoms with Crippen molar-refractivity contribution in [1.82, 2.24) is 5.43 Å². The number of sulfonamides is 1. The van der Waals surface area contributed by atoms with E-state index in [0.717, 1.165) is 9.87 Å². The summed E-state index contributed by atoms with van der Waals surface area (Å²) in [7, 11) is -2.48. The Hall–Kier alpha value is -4.11. The molecule has 0 aliphatic heterocycles.